The predicted octanol–water partition coefficient (Wildman–Crippen LogP) is 4.01. The Morgan fingerprint density at radius 1 is 1.25 bits per heavy atom. The lowest BCUT2D eigenvalue weighted by Crippen LogP contribution is -2.31. The van der Waals surface area contributed by atoms with Crippen LogP contribution in [0.25, 0.3) is 0 Å². The molecule has 2 atom stereocenters. The van der Waals surface area contributed by atoms with Gasteiger partial charge in [-0.05, 0) is 13.0 Å². The van der Waals surface area contributed by atoms with Crippen molar-refractivity contribution >= 4 is 23.2 Å². The van der Waals surface area contributed by atoms with Crippen LogP contribution in [-0.4, -0.2) is 37.5 Å². The smallest absolute Gasteiger partial charge is 0.159 e. The highest BCUT2D eigenvalue weighted by Crippen LogP contribution is 2.34. The maximum Gasteiger partial charge on any atom is 0.159 e. The maximum atomic E-state index is 6.07. The monoisotopic (exact) mass is 371 g/mol. The van der Waals surface area contributed by atoms with Crippen LogP contribution in [-0.2, 0) is 14.2 Å². The van der Waals surface area contributed by atoms with E-state index in [4.69, 9.17) is 42.1 Å². The molecule has 7 heteroatoms. The first-order valence-electron chi connectivity index (χ1n) is 7.87. The third kappa shape index (κ3) is 4.15. The first kappa shape index (κ1) is 17.4. The zero-order valence-electron chi connectivity index (χ0n) is 13.3. The summed E-state index contributed by atoms with van der Waals surface area (Å²) in [5.74, 6) is 2.24. The van der Waals surface area contributed by atoms with Gasteiger partial charge in [-0.1, -0.05) is 29.3 Å². The topological polar surface area (TPSA) is 49.8 Å². The van der Waals surface area contributed by atoms with Crippen LogP contribution < -0.4 is 4.74 Å². The Morgan fingerprint density at radius 3 is 2.79 bits per heavy atom. The number of ether oxygens (including phenoxy) is 4. The molecule has 0 fully saturated rings. The van der Waals surface area contributed by atoms with Crippen LogP contribution >= 0.6 is 23.2 Å². The number of aromatic nitrogens is 1. The van der Waals surface area contributed by atoms with Gasteiger partial charge in [0.1, 0.15) is 22.4 Å². The molecule has 1 aliphatic heterocycles. The SMILES string of the molecule is CCOCC1COC2=C(CC(COc3c(Cl)cncc3Cl)C=C2)O1. The predicted molar refractivity (Wildman–Crippen MR) is 91.3 cm³/mol. The van der Waals surface area contributed by atoms with Gasteiger partial charge in [-0.15, -0.1) is 0 Å². The van der Waals surface area contributed by atoms with Gasteiger partial charge in [0.2, 0.25) is 0 Å². The van der Waals surface area contributed by atoms with Crippen LogP contribution in [0.1, 0.15) is 13.3 Å². The molecule has 0 amide bonds. The van der Waals surface area contributed by atoms with E-state index in [9.17, 15) is 0 Å². The number of nitrogens with zero attached hydrogens (tertiary/aromatic N) is 1. The molecule has 0 N–H and O–H groups in total. The average molecular weight is 372 g/mol. The van der Waals surface area contributed by atoms with E-state index in [1.54, 1.807) is 0 Å². The summed E-state index contributed by atoms with van der Waals surface area (Å²) < 4.78 is 22.9. The molecule has 24 heavy (non-hydrogen) atoms. The zero-order valence-corrected chi connectivity index (χ0v) is 14.8. The zero-order chi connectivity index (χ0) is 16.9. The number of pyridine rings is 1. The highest BCUT2D eigenvalue weighted by Gasteiger charge is 2.27. The standard InChI is InChI=1S/C17H19Cl2NO4/c1-2-21-9-12-10-22-15-4-3-11(5-16(15)24-12)8-23-17-13(18)6-20-7-14(17)19/h3-4,6-7,11-12H,2,5,8-10H2,1H3. The normalized spacial score (nSPS) is 22.6. The third-order valence-electron chi connectivity index (χ3n) is 3.74. The first-order chi connectivity index (χ1) is 11.7. The van der Waals surface area contributed by atoms with E-state index in [-0.39, 0.29) is 12.0 Å². The molecule has 2 unspecified atom stereocenters. The summed E-state index contributed by atoms with van der Waals surface area (Å²) >= 11 is 12.1. The second-order valence-corrected chi connectivity index (χ2v) is 6.38. The van der Waals surface area contributed by atoms with Gasteiger partial charge in [-0.3, -0.25) is 4.98 Å². The number of hydrogen-bond acceptors (Lipinski definition) is 5. The fourth-order valence-electron chi connectivity index (χ4n) is 2.55. The third-order valence-corrected chi connectivity index (χ3v) is 4.27. The molecule has 0 saturated carbocycles. The van der Waals surface area contributed by atoms with E-state index >= 15 is 0 Å². The van der Waals surface area contributed by atoms with Crippen LogP contribution in [0.2, 0.25) is 10.0 Å². The Labute approximate surface area is 151 Å². The first-order valence-corrected chi connectivity index (χ1v) is 8.63. The summed E-state index contributed by atoms with van der Waals surface area (Å²) in [5.41, 5.74) is 0. The van der Waals surface area contributed by atoms with E-state index in [0.29, 0.717) is 48.6 Å². The van der Waals surface area contributed by atoms with Crippen molar-refractivity contribution in [1.82, 2.24) is 4.98 Å². The lowest BCUT2D eigenvalue weighted by atomic mass is 9.98. The molecule has 5 nitrogen and oxygen atoms in total. The number of hydrogen-bond donors (Lipinski definition) is 0. The van der Waals surface area contributed by atoms with Gasteiger partial charge < -0.3 is 18.9 Å². The van der Waals surface area contributed by atoms with Crippen LogP contribution in [0, 0.1) is 5.92 Å². The van der Waals surface area contributed by atoms with Crippen LogP contribution in [0.3, 0.4) is 0 Å². The summed E-state index contributed by atoms with van der Waals surface area (Å²) in [6, 6.07) is 0. The van der Waals surface area contributed by atoms with Crippen molar-refractivity contribution in [2.75, 3.05) is 26.4 Å². The van der Waals surface area contributed by atoms with E-state index < -0.39 is 0 Å². The minimum atomic E-state index is -0.0687. The fourth-order valence-corrected chi connectivity index (χ4v) is 3.02. The van der Waals surface area contributed by atoms with Crippen molar-refractivity contribution in [2.24, 2.45) is 5.92 Å². The quantitative estimate of drug-likeness (QED) is 0.755. The average Bonchev–Trinajstić information content (AvgIpc) is 2.59. The highest BCUT2D eigenvalue weighted by molar-refractivity contribution is 6.36. The molecule has 0 bridgehead atoms. The van der Waals surface area contributed by atoms with Gasteiger partial charge >= 0.3 is 0 Å². The Kier molecular flexibility index (Phi) is 5.87. The van der Waals surface area contributed by atoms with Gasteiger partial charge in [0, 0.05) is 31.3 Å². The Hall–Kier alpha value is -1.43. The number of allylic oxidation sites excluding steroid dienone is 2. The summed E-state index contributed by atoms with van der Waals surface area (Å²) in [6.07, 6.45) is 7.64. The molecular weight excluding hydrogens is 353 g/mol. The highest BCUT2D eigenvalue weighted by atomic mass is 35.5. The van der Waals surface area contributed by atoms with E-state index in [1.807, 2.05) is 19.1 Å². The van der Waals surface area contributed by atoms with Crippen LogP contribution in [0.4, 0.5) is 0 Å². The molecule has 1 aliphatic carbocycles. The van der Waals surface area contributed by atoms with E-state index in [1.165, 1.54) is 12.4 Å². The fraction of sp³-hybridized carbons (Fsp3) is 0.471. The molecular formula is C17H19Cl2NO4. The molecule has 2 aliphatic rings. The molecule has 3 rings (SSSR count). The molecule has 1 aromatic rings. The van der Waals surface area contributed by atoms with Gasteiger partial charge in [-0.25, -0.2) is 0 Å². The molecule has 0 aromatic carbocycles. The summed E-state index contributed by atoms with van der Waals surface area (Å²) in [7, 11) is 0. The molecule has 130 valence electrons. The van der Waals surface area contributed by atoms with Crippen molar-refractivity contribution in [3.05, 3.63) is 46.1 Å². The van der Waals surface area contributed by atoms with Crippen molar-refractivity contribution in [1.29, 1.82) is 0 Å². The van der Waals surface area contributed by atoms with E-state index in [2.05, 4.69) is 4.98 Å². The second kappa shape index (κ2) is 8.10. The molecule has 0 spiro atoms. The van der Waals surface area contributed by atoms with Gasteiger partial charge in [0.25, 0.3) is 0 Å². The largest absolute Gasteiger partial charge is 0.490 e. The number of rotatable bonds is 6. The number of halogens is 2. The summed E-state index contributed by atoms with van der Waals surface area (Å²) in [5, 5.41) is 0.799. The Bertz CT molecular complexity index is 627. The van der Waals surface area contributed by atoms with Gasteiger partial charge in [-0.2, -0.15) is 0 Å². The summed E-state index contributed by atoms with van der Waals surface area (Å²) in [4.78, 5) is 3.91. The summed E-state index contributed by atoms with van der Waals surface area (Å²) in [6.45, 7) is 4.10. The van der Waals surface area contributed by atoms with Crippen molar-refractivity contribution in [2.45, 2.75) is 19.4 Å². The lowest BCUT2D eigenvalue weighted by molar-refractivity contribution is -0.0509. The van der Waals surface area contributed by atoms with Crippen molar-refractivity contribution in [3.63, 3.8) is 0 Å². The molecule has 0 radical (unpaired) electrons. The van der Waals surface area contributed by atoms with Crippen molar-refractivity contribution in [3.8, 4) is 5.75 Å². The minimum absolute atomic E-state index is 0.0687. The lowest BCUT2D eigenvalue weighted by Gasteiger charge is -2.31. The van der Waals surface area contributed by atoms with Crippen molar-refractivity contribution < 1.29 is 18.9 Å². The second-order valence-electron chi connectivity index (χ2n) is 5.56. The Morgan fingerprint density at radius 2 is 2.04 bits per heavy atom. The molecule has 2 heterocycles. The van der Waals surface area contributed by atoms with Crippen LogP contribution in [0.5, 0.6) is 5.75 Å². The molecule has 0 saturated heterocycles. The van der Waals surface area contributed by atoms with Gasteiger partial charge in [0.05, 0.1) is 13.2 Å². The maximum absolute atomic E-state index is 6.07. The minimum Gasteiger partial charge on any atom is -0.490 e. The molecule has 1 aromatic heterocycles. The van der Waals surface area contributed by atoms with Crippen LogP contribution in [0.15, 0.2) is 36.1 Å². The Balaban J connectivity index is 1.57. The van der Waals surface area contributed by atoms with Gasteiger partial charge in [0.15, 0.2) is 17.6 Å². The van der Waals surface area contributed by atoms with E-state index in [0.717, 1.165) is 11.5 Å².